The van der Waals surface area contributed by atoms with Crippen LogP contribution in [-0.2, 0) is 11.2 Å². The van der Waals surface area contributed by atoms with Crippen LogP contribution in [0.4, 0.5) is 11.4 Å². The first kappa shape index (κ1) is 25.7. The van der Waals surface area contributed by atoms with Gasteiger partial charge in [0.25, 0.3) is 5.91 Å². The lowest BCUT2D eigenvalue weighted by molar-refractivity contribution is -0.136. The minimum Gasteiger partial charge on any atom is -0.489 e. The van der Waals surface area contributed by atoms with Gasteiger partial charge in [-0.25, -0.2) is 0 Å². The van der Waals surface area contributed by atoms with E-state index >= 15 is 0 Å². The smallest absolute Gasteiger partial charge is 0.307 e. The lowest BCUT2D eigenvalue weighted by Crippen LogP contribution is -2.41. The summed E-state index contributed by atoms with van der Waals surface area (Å²) in [6.45, 7) is 4.79. The highest BCUT2D eigenvalue weighted by Gasteiger charge is 2.25. The van der Waals surface area contributed by atoms with Crippen LogP contribution in [-0.4, -0.2) is 43.3 Å². The summed E-state index contributed by atoms with van der Waals surface area (Å²) in [4.78, 5) is 26.1. The fourth-order valence-electron chi connectivity index (χ4n) is 4.12. The highest BCUT2D eigenvalue weighted by molar-refractivity contribution is 6.35. The van der Waals surface area contributed by atoms with Gasteiger partial charge in [0.05, 0.1) is 29.2 Å². The molecular weight excluding hydrogens is 503 g/mol. The third-order valence-corrected chi connectivity index (χ3v) is 6.58. The van der Waals surface area contributed by atoms with E-state index in [0.29, 0.717) is 40.7 Å². The SMILES string of the molecule is Cc1ccc2c(c1)O[C@H](COc1ccc(C(=O)Nc3cc(Cl)cc(CC(=O)O)c3)c(Cl)c1C)CN2C. The summed E-state index contributed by atoms with van der Waals surface area (Å²) in [6, 6.07) is 14.1. The number of hydrogen-bond acceptors (Lipinski definition) is 5. The predicted octanol–water partition coefficient (Wildman–Crippen LogP) is 5.77. The van der Waals surface area contributed by atoms with Gasteiger partial charge in [0, 0.05) is 23.3 Å². The van der Waals surface area contributed by atoms with Crippen molar-refractivity contribution < 1.29 is 24.2 Å². The standard InChI is InChI=1S/C27H26Cl2N2O5/c1-15-4-6-22-24(8-15)36-20(13-31(22)3)14-35-23-7-5-21(26(29)16(23)2)27(34)30-19-10-17(11-25(32)33)9-18(28)12-19/h4-10,12,20H,11,13-14H2,1-3H3,(H,30,34)(H,32,33)/t20-/m0/s1. The lowest BCUT2D eigenvalue weighted by atomic mass is 10.1. The fraction of sp³-hybridized carbons (Fsp3) is 0.259. The first-order valence-corrected chi connectivity index (χ1v) is 12.1. The second-order valence-electron chi connectivity index (χ2n) is 8.83. The second-order valence-corrected chi connectivity index (χ2v) is 9.64. The zero-order valence-corrected chi connectivity index (χ0v) is 21.6. The molecule has 1 atom stereocenters. The average Bonchev–Trinajstić information content (AvgIpc) is 2.78. The molecular formula is C27H26Cl2N2O5. The second kappa shape index (κ2) is 10.7. The van der Waals surface area contributed by atoms with Crippen LogP contribution in [0.1, 0.15) is 27.0 Å². The van der Waals surface area contributed by atoms with E-state index in [1.807, 2.05) is 26.1 Å². The van der Waals surface area contributed by atoms with E-state index in [2.05, 4.69) is 16.3 Å². The number of amides is 1. The van der Waals surface area contributed by atoms with Crippen molar-refractivity contribution in [3.63, 3.8) is 0 Å². The third-order valence-electron chi connectivity index (χ3n) is 5.87. The van der Waals surface area contributed by atoms with Crippen molar-refractivity contribution in [1.29, 1.82) is 0 Å². The molecule has 1 aliphatic heterocycles. The monoisotopic (exact) mass is 528 g/mol. The van der Waals surface area contributed by atoms with Crippen LogP contribution in [0.3, 0.4) is 0 Å². The highest BCUT2D eigenvalue weighted by atomic mass is 35.5. The minimum atomic E-state index is -0.992. The Balaban J connectivity index is 1.44. The molecule has 0 radical (unpaired) electrons. The van der Waals surface area contributed by atoms with Crippen molar-refractivity contribution in [3.05, 3.63) is 80.8 Å². The van der Waals surface area contributed by atoms with E-state index in [0.717, 1.165) is 17.0 Å². The molecule has 0 aromatic heterocycles. The molecule has 3 aromatic rings. The number of halogens is 2. The lowest BCUT2D eigenvalue weighted by Gasteiger charge is -2.34. The summed E-state index contributed by atoms with van der Waals surface area (Å²) in [5.74, 6) is -0.0493. The van der Waals surface area contributed by atoms with Crippen molar-refractivity contribution >= 4 is 46.5 Å². The molecule has 1 heterocycles. The van der Waals surface area contributed by atoms with Gasteiger partial charge in [0.2, 0.25) is 0 Å². The van der Waals surface area contributed by atoms with E-state index in [1.54, 1.807) is 37.3 Å². The van der Waals surface area contributed by atoms with Crippen molar-refractivity contribution in [2.75, 3.05) is 30.4 Å². The topological polar surface area (TPSA) is 88.1 Å². The first-order chi connectivity index (χ1) is 17.1. The maximum Gasteiger partial charge on any atom is 0.307 e. The molecule has 1 aliphatic rings. The molecule has 0 saturated heterocycles. The molecule has 0 aliphatic carbocycles. The Morgan fingerprint density at radius 2 is 1.92 bits per heavy atom. The molecule has 188 valence electrons. The van der Waals surface area contributed by atoms with Gasteiger partial charge in [0.15, 0.2) is 0 Å². The van der Waals surface area contributed by atoms with Crippen LogP contribution < -0.4 is 19.7 Å². The van der Waals surface area contributed by atoms with Gasteiger partial charge in [-0.1, -0.05) is 29.3 Å². The van der Waals surface area contributed by atoms with E-state index < -0.39 is 11.9 Å². The Morgan fingerprint density at radius 1 is 1.14 bits per heavy atom. The Bertz CT molecular complexity index is 1330. The number of ether oxygens (including phenoxy) is 2. The van der Waals surface area contributed by atoms with E-state index in [1.165, 1.54) is 0 Å². The van der Waals surface area contributed by atoms with Crippen molar-refractivity contribution in [2.24, 2.45) is 0 Å². The Hall–Kier alpha value is -3.42. The van der Waals surface area contributed by atoms with Crippen LogP contribution >= 0.6 is 23.2 Å². The number of carbonyl (C=O) groups is 2. The summed E-state index contributed by atoms with van der Waals surface area (Å²) in [5.41, 5.74) is 3.91. The maximum atomic E-state index is 12.9. The predicted molar refractivity (Wildman–Crippen MR) is 141 cm³/mol. The van der Waals surface area contributed by atoms with E-state index in [9.17, 15) is 9.59 Å². The molecule has 2 N–H and O–H groups in total. The zero-order valence-electron chi connectivity index (χ0n) is 20.1. The van der Waals surface area contributed by atoms with Gasteiger partial charge >= 0.3 is 5.97 Å². The Kier molecular flexibility index (Phi) is 7.62. The number of nitrogens with one attached hydrogen (secondary N) is 1. The number of rotatable bonds is 7. The molecule has 9 heteroatoms. The van der Waals surface area contributed by atoms with Crippen molar-refractivity contribution in [1.82, 2.24) is 0 Å². The summed E-state index contributed by atoms with van der Waals surface area (Å²) in [7, 11) is 2.02. The molecule has 7 nitrogen and oxygen atoms in total. The number of carboxylic acids is 1. The molecule has 0 spiro atoms. The minimum absolute atomic E-state index is 0.173. The number of benzene rings is 3. The Morgan fingerprint density at radius 3 is 2.67 bits per heavy atom. The molecule has 0 saturated carbocycles. The van der Waals surface area contributed by atoms with Gasteiger partial charge in [-0.05, 0) is 67.4 Å². The summed E-state index contributed by atoms with van der Waals surface area (Å²) < 4.78 is 12.2. The number of carbonyl (C=O) groups excluding carboxylic acids is 1. The molecule has 3 aromatic carbocycles. The van der Waals surface area contributed by atoms with Gasteiger partial charge in [-0.3, -0.25) is 9.59 Å². The summed E-state index contributed by atoms with van der Waals surface area (Å²) >= 11 is 12.6. The van der Waals surface area contributed by atoms with Crippen molar-refractivity contribution in [2.45, 2.75) is 26.4 Å². The van der Waals surface area contributed by atoms with Crippen LogP contribution in [0.25, 0.3) is 0 Å². The first-order valence-electron chi connectivity index (χ1n) is 11.3. The number of aryl methyl sites for hydroxylation is 1. The van der Waals surface area contributed by atoms with Gasteiger partial charge in [-0.15, -0.1) is 0 Å². The van der Waals surface area contributed by atoms with Crippen molar-refractivity contribution in [3.8, 4) is 11.5 Å². The molecule has 0 unspecified atom stereocenters. The fourth-order valence-corrected chi connectivity index (χ4v) is 4.62. The number of hydrogen-bond donors (Lipinski definition) is 2. The maximum absolute atomic E-state index is 12.9. The number of carboxylic acid groups (broad SMARTS) is 1. The average molecular weight is 529 g/mol. The molecule has 0 bridgehead atoms. The van der Waals surface area contributed by atoms with Crippen LogP contribution in [0.5, 0.6) is 11.5 Å². The number of nitrogens with zero attached hydrogens (tertiary/aromatic N) is 1. The quantitative estimate of drug-likeness (QED) is 0.405. The molecule has 4 rings (SSSR count). The summed E-state index contributed by atoms with van der Waals surface area (Å²) in [5, 5.41) is 12.3. The zero-order chi connectivity index (χ0) is 26.0. The normalized spacial score (nSPS) is 14.6. The summed E-state index contributed by atoms with van der Waals surface area (Å²) in [6.07, 6.45) is -0.380. The van der Waals surface area contributed by atoms with Gasteiger partial charge in [0.1, 0.15) is 24.2 Å². The number of likely N-dealkylation sites (N-methyl/N-ethyl adjacent to an activating group) is 1. The van der Waals surface area contributed by atoms with Gasteiger partial charge < -0.3 is 24.8 Å². The van der Waals surface area contributed by atoms with Gasteiger partial charge in [-0.2, -0.15) is 0 Å². The van der Waals surface area contributed by atoms with E-state index in [-0.39, 0.29) is 23.1 Å². The van der Waals surface area contributed by atoms with Crippen LogP contribution in [0.2, 0.25) is 10.0 Å². The number of aliphatic carboxylic acids is 1. The molecule has 1 amide bonds. The Labute approximate surface area is 219 Å². The highest BCUT2D eigenvalue weighted by Crippen LogP contribution is 2.34. The third kappa shape index (κ3) is 5.86. The molecule has 36 heavy (non-hydrogen) atoms. The number of fused-ring (bicyclic) bond motifs is 1. The van der Waals surface area contributed by atoms with Crippen LogP contribution in [0, 0.1) is 13.8 Å². The number of anilines is 2. The largest absolute Gasteiger partial charge is 0.489 e. The molecule has 0 fully saturated rings. The van der Waals surface area contributed by atoms with Crippen LogP contribution in [0.15, 0.2) is 48.5 Å². The van der Waals surface area contributed by atoms with E-state index in [4.69, 9.17) is 37.8 Å².